The molecule has 1 aromatic rings. The molecule has 0 saturated carbocycles. The van der Waals surface area contributed by atoms with Crippen LogP contribution >= 0.6 is 27.3 Å². The Hall–Kier alpha value is -0.150. The summed E-state index contributed by atoms with van der Waals surface area (Å²) in [4.78, 5) is 12.0. The van der Waals surface area contributed by atoms with Gasteiger partial charge in [-0.1, -0.05) is 15.9 Å². The molecule has 1 unspecified atom stereocenters. The molecule has 1 atom stereocenters. The minimum atomic E-state index is -0.109. The summed E-state index contributed by atoms with van der Waals surface area (Å²) in [5.74, 6) is 0.163. The summed E-state index contributed by atoms with van der Waals surface area (Å²) in [6.07, 6.45) is 0. The average Bonchev–Trinajstić information content (AvgIpc) is 2.33. The van der Waals surface area contributed by atoms with Gasteiger partial charge in [0.15, 0.2) is 0 Å². The third kappa shape index (κ3) is 1.91. The van der Waals surface area contributed by atoms with Crippen LogP contribution < -0.4 is 0 Å². The van der Waals surface area contributed by atoms with Crippen molar-refractivity contribution in [2.45, 2.75) is 18.7 Å². The van der Waals surface area contributed by atoms with Crippen molar-refractivity contribution in [3.05, 3.63) is 21.9 Å². The van der Waals surface area contributed by atoms with E-state index < -0.39 is 0 Å². The topological polar surface area (TPSA) is 17.1 Å². The van der Waals surface area contributed by atoms with Crippen molar-refractivity contribution < 1.29 is 4.79 Å². The van der Waals surface area contributed by atoms with Gasteiger partial charge in [0.1, 0.15) is 10.6 Å². The maximum Gasteiger partial charge on any atom is 0.148 e. The summed E-state index contributed by atoms with van der Waals surface area (Å²) in [6, 6.07) is 2.02. The molecule has 0 fully saturated rings. The number of hydrogen-bond acceptors (Lipinski definition) is 2. The Morgan fingerprint density at radius 3 is 2.73 bits per heavy atom. The van der Waals surface area contributed by atoms with Gasteiger partial charge in [0.2, 0.25) is 0 Å². The first-order valence-electron chi connectivity index (χ1n) is 3.31. The van der Waals surface area contributed by atoms with Gasteiger partial charge in [0, 0.05) is 4.88 Å². The average molecular weight is 233 g/mol. The van der Waals surface area contributed by atoms with Crippen LogP contribution in [-0.4, -0.2) is 5.78 Å². The van der Waals surface area contributed by atoms with Crippen molar-refractivity contribution in [2.24, 2.45) is 0 Å². The third-order valence-corrected chi connectivity index (χ3v) is 3.98. The van der Waals surface area contributed by atoms with Gasteiger partial charge in [-0.15, -0.1) is 11.3 Å². The normalized spacial score (nSPS) is 13.0. The molecular weight excluding hydrogens is 224 g/mol. The lowest BCUT2D eigenvalue weighted by Gasteiger charge is -2.02. The van der Waals surface area contributed by atoms with Crippen LogP contribution in [0.25, 0.3) is 0 Å². The Kier molecular flexibility index (Phi) is 2.84. The van der Waals surface area contributed by atoms with Crippen LogP contribution in [0, 0.1) is 6.92 Å². The quantitative estimate of drug-likeness (QED) is 0.717. The number of alkyl halides is 1. The Labute approximate surface area is 78.6 Å². The monoisotopic (exact) mass is 232 g/mol. The number of carbonyl (C=O) groups is 1. The minimum Gasteiger partial charge on any atom is -0.298 e. The fourth-order valence-electron chi connectivity index (χ4n) is 0.829. The molecule has 1 heterocycles. The van der Waals surface area contributed by atoms with E-state index in [1.807, 2.05) is 18.4 Å². The lowest BCUT2D eigenvalue weighted by atomic mass is 10.2. The number of Topliss-reactive ketones (excluding diaryl/α,β-unsaturated/α-hetero) is 1. The molecule has 0 spiro atoms. The van der Waals surface area contributed by atoms with Crippen molar-refractivity contribution in [3.8, 4) is 0 Å². The van der Waals surface area contributed by atoms with E-state index in [1.54, 1.807) is 18.3 Å². The zero-order chi connectivity index (χ0) is 8.43. The Morgan fingerprint density at radius 1 is 1.73 bits per heavy atom. The Bertz CT molecular complexity index is 267. The standard InChI is InChI=1S/C8H9BrOS/c1-5-3-4-11-8(5)7(9)6(2)10/h3-4,7H,1-2H3. The molecule has 1 rings (SSSR count). The molecule has 0 radical (unpaired) electrons. The van der Waals surface area contributed by atoms with Gasteiger partial charge in [0.05, 0.1) is 0 Å². The van der Waals surface area contributed by atoms with Gasteiger partial charge in [-0.25, -0.2) is 0 Å². The van der Waals surface area contributed by atoms with Gasteiger partial charge < -0.3 is 0 Å². The van der Waals surface area contributed by atoms with E-state index in [0.29, 0.717) is 0 Å². The molecule has 11 heavy (non-hydrogen) atoms. The van der Waals surface area contributed by atoms with Crippen LogP contribution in [0.15, 0.2) is 11.4 Å². The van der Waals surface area contributed by atoms with Crippen molar-refractivity contribution in [2.75, 3.05) is 0 Å². The van der Waals surface area contributed by atoms with Crippen LogP contribution in [0.2, 0.25) is 0 Å². The van der Waals surface area contributed by atoms with Crippen LogP contribution in [0.3, 0.4) is 0 Å². The first kappa shape index (κ1) is 8.94. The first-order chi connectivity index (χ1) is 5.13. The molecule has 1 aromatic heterocycles. The molecule has 0 bridgehead atoms. The van der Waals surface area contributed by atoms with Crippen LogP contribution in [-0.2, 0) is 4.79 Å². The highest BCUT2D eigenvalue weighted by Gasteiger charge is 2.15. The highest BCUT2D eigenvalue weighted by molar-refractivity contribution is 9.09. The lowest BCUT2D eigenvalue weighted by molar-refractivity contribution is -0.116. The second-order valence-corrected chi connectivity index (χ2v) is 4.30. The first-order valence-corrected chi connectivity index (χ1v) is 5.11. The van der Waals surface area contributed by atoms with E-state index in [-0.39, 0.29) is 10.6 Å². The second kappa shape index (κ2) is 3.50. The molecule has 0 aliphatic heterocycles. The van der Waals surface area contributed by atoms with E-state index in [4.69, 9.17) is 0 Å². The number of thiophene rings is 1. The fraction of sp³-hybridized carbons (Fsp3) is 0.375. The molecule has 60 valence electrons. The SMILES string of the molecule is CC(=O)C(Br)c1sccc1C. The molecule has 1 nitrogen and oxygen atoms in total. The fourth-order valence-corrected chi connectivity index (χ4v) is 2.47. The largest absolute Gasteiger partial charge is 0.298 e. The van der Waals surface area contributed by atoms with Gasteiger partial charge in [-0.3, -0.25) is 4.79 Å². The molecule has 0 aromatic carbocycles. The van der Waals surface area contributed by atoms with Crippen LogP contribution in [0.1, 0.15) is 22.2 Å². The van der Waals surface area contributed by atoms with E-state index in [9.17, 15) is 4.79 Å². The van der Waals surface area contributed by atoms with Crippen molar-refractivity contribution in [1.82, 2.24) is 0 Å². The number of aryl methyl sites for hydroxylation is 1. The number of ketones is 1. The molecule has 0 aliphatic carbocycles. The summed E-state index contributed by atoms with van der Waals surface area (Å²) < 4.78 is 0. The van der Waals surface area contributed by atoms with Crippen molar-refractivity contribution in [3.63, 3.8) is 0 Å². The van der Waals surface area contributed by atoms with Crippen molar-refractivity contribution in [1.29, 1.82) is 0 Å². The van der Waals surface area contributed by atoms with Crippen LogP contribution in [0.4, 0.5) is 0 Å². The number of rotatable bonds is 2. The second-order valence-electron chi connectivity index (χ2n) is 2.44. The zero-order valence-electron chi connectivity index (χ0n) is 6.43. The van der Waals surface area contributed by atoms with Gasteiger partial charge in [-0.05, 0) is 30.9 Å². The van der Waals surface area contributed by atoms with Gasteiger partial charge >= 0.3 is 0 Å². The summed E-state index contributed by atoms with van der Waals surface area (Å²) >= 11 is 4.96. The smallest absolute Gasteiger partial charge is 0.148 e. The van der Waals surface area contributed by atoms with E-state index >= 15 is 0 Å². The number of halogens is 1. The number of carbonyl (C=O) groups excluding carboxylic acids is 1. The van der Waals surface area contributed by atoms with Gasteiger partial charge in [-0.2, -0.15) is 0 Å². The summed E-state index contributed by atoms with van der Waals surface area (Å²) in [5.41, 5.74) is 1.19. The van der Waals surface area contributed by atoms with E-state index in [0.717, 1.165) is 4.88 Å². The highest BCUT2D eigenvalue weighted by Crippen LogP contribution is 2.30. The van der Waals surface area contributed by atoms with Gasteiger partial charge in [0.25, 0.3) is 0 Å². The van der Waals surface area contributed by atoms with E-state index in [1.165, 1.54) is 5.56 Å². The maximum absolute atomic E-state index is 11.0. The van der Waals surface area contributed by atoms with Crippen LogP contribution in [0.5, 0.6) is 0 Å². The predicted octanol–water partition coefficient (Wildman–Crippen LogP) is 3.08. The Morgan fingerprint density at radius 2 is 2.36 bits per heavy atom. The van der Waals surface area contributed by atoms with Crippen molar-refractivity contribution >= 4 is 33.0 Å². The number of hydrogen-bond donors (Lipinski definition) is 0. The molecule has 0 N–H and O–H groups in total. The molecule has 3 heteroatoms. The predicted molar refractivity (Wildman–Crippen MR) is 51.4 cm³/mol. The summed E-state index contributed by atoms with van der Waals surface area (Å²) in [7, 11) is 0. The van der Waals surface area contributed by atoms with E-state index in [2.05, 4.69) is 15.9 Å². The molecular formula is C8H9BrOS. The third-order valence-electron chi connectivity index (χ3n) is 1.49. The Balaban J connectivity index is 2.92. The maximum atomic E-state index is 11.0. The zero-order valence-corrected chi connectivity index (χ0v) is 8.83. The summed E-state index contributed by atoms with van der Waals surface area (Å²) in [5, 5.41) is 2.00. The summed E-state index contributed by atoms with van der Waals surface area (Å²) in [6.45, 7) is 3.61. The highest BCUT2D eigenvalue weighted by atomic mass is 79.9. The molecule has 0 amide bonds. The minimum absolute atomic E-state index is 0.109. The molecule has 0 aliphatic rings. The molecule has 0 saturated heterocycles. The lowest BCUT2D eigenvalue weighted by Crippen LogP contribution is -1.99.